The number of nitrogens with zero attached hydrogens (tertiary/aromatic N) is 3. The maximum absolute atomic E-state index is 10.1. The number of nitriles is 1. The molecule has 0 aliphatic heterocycles. The zero-order valence-electron chi connectivity index (χ0n) is 21.9. The van der Waals surface area contributed by atoms with Crippen LogP contribution in [0.15, 0.2) is 127 Å². The first kappa shape index (κ1) is 22.4. The summed E-state index contributed by atoms with van der Waals surface area (Å²) in [6.45, 7) is 0. The lowest BCUT2D eigenvalue weighted by Gasteiger charge is -2.12. The summed E-state index contributed by atoms with van der Waals surface area (Å²) in [4.78, 5) is 0. The zero-order chi connectivity index (χ0) is 27.1. The van der Waals surface area contributed by atoms with Gasteiger partial charge < -0.3 is 9.13 Å². The van der Waals surface area contributed by atoms with E-state index in [0.717, 1.165) is 27.5 Å². The Morgan fingerprint density at radius 2 is 1.02 bits per heavy atom. The molecule has 0 saturated heterocycles. The lowest BCUT2D eigenvalue weighted by Crippen LogP contribution is -1.96. The Labute approximate surface area is 239 Å². The summed E-state index contributed by atoms with van der Waals surface area (Å²) in [5.41, 5.74) is 7.45. The van der Waals surface area contributed by atoms with Crippen LogP contribution in [0.2, 0.25) is 0 Å². The van der Waals surface area contributed by atoms with Gasteiger partial charge in [-0.2, -0.15) is 5.26 Å². The summed E-state index contributed by atoms with van der Waals surface area (Å²) in [6.07, 6.45) is 0. The molecule has 0 radical (unpaired) electrons. The van der Waals surface area contributed by atoms with Crippen LogP contribution in [0.4, 0.5) is 0 Å². The van der Waals surface area contributed by atoms with Crippen LogP contribution in [-0.4, -0.2) is 9.13 Å². The topological polar surface area (TPSA) is 33.6 Å². The third-order valence-electron chi connectivity index (χ3n) is 8.36. The van der Waals surface area contributed by atoms with Crippen LogP contribution < -0.4 is 0 Å². The van der Waals surface area contributed by atoms with Crippen molar-refractivity contribution < 1.29 is 0 Å². The van der Waals surface area contributed by atoms with Crippen LogP contribution in [-0.2, 0) is 0 Å². The fraction of sp³-hybridized carbons (Fsp3) is 0. The number of aromatic nitrogens is 2. The minimum Gasteiger partial charge on any atom is -0.308 e. The second-order valence-electron chi connectivity index (χ2n) is 10.4. The van der Waals surface area contributed by atoms with Gasteiger partial charge in [-0.3, -0.25) is 0 Å². The second kappa shape index (κ2) is 8.32. The minimum absolute atomic E-state index is 0.682. The van der Waals surface area contributed by atoms with E-state index in [9.17, 15) is 5.26 Å². The second-order valence-corrected chi connectivity index (χ2v) is 11.5. The molecule has 3 heterocycles. The maximum atomic E-state index is 10.1. The van der Waals surface area contributed by atoms with Crippen molar-refractivity contribution in [1.82, 2.24) is 9.13 Å². The van der Waals surface area contributed by atoms with E-state index < -0.39 is 0 Å². The summed E-state index contributed by atoms with van der Waals surface area (Å²) < 4.78 is 7.19. The van der Waals surface area contributed by atoms with Crippen molar-refractivity contribution in [2.45, 2.75) is 0 Å². The van der Waals surface area contributed by atoms with E-state index in [0.29, 0.717) is 5.56 Å². The van der Waals surface area contributed by atoms with Gasteiger partial charge in [0.1, 0.15) is 6.07 Å². The molecular formula is C37H21N3S. The third-order valence-corrected chi connectivity index (χ3v) is 9.55. The van der Waals surface area contributed by atoms with Gasteiger partial charge in [-0.05, 0) is 42.5 Å². The summed E-state index contributed by atoms with van der Waals surface area (Å²) in [7, 11) is 0. The third kappa shape index (κ3) is 2.96. The number of fused-ring (bicyclic) bond motifs is 9. The van der Waals surface area contributed by atoms with Gasteiger partial charge in [0, 0.05) is 37.0 Å². The summed E-state index contributed by atoms with van der Waals surface area (Å²) in [6, 6.07) is 47.5. The van der Waals surface area contributed by atoms with Gasteiger partial charge >= 0.3 is 0 Å². The average molecular weight is 540 g/mol. The van der Waals surface area contributed by atoms with Crippen molar-refractivity contribution in [1.29, 1.82) is 5.26 Å². The molecular weight excluding hydrogens is 518 g/mol. The first-order chi connectivity index (χ1) is 20.3. The number of rotatable bonds is 2. The number of benzene rings is 6. The Hall–Kier alpha value is -5.37. The van der Waals surface area contributed by atoms with Crippen molar-refractivity contribution >= 4 is 75.1 Å². The van der Waals surface area contributed by atoms with Gasteiger partial charge in [-0.15, -0.1) is 11.3 Å². The smallest absolute Gasteiger partial charge is 0.101 e. The summed E-state index contributed by atoms with van der Waals surface area (Å²) in [5, 5.41) is 17.3. The van der Waals surface area contributed by atoms with Crippen molar-refractivity contribution in [3.8, 4) is 17.4 Å². The monoisotopic (exact) mass is 539 g/mol. The SMILES string of the molecule is N#Cc1cccc2c3ccccc3n(-c3cccc4sc5c(-n6c7ccccc7c7ccccc76)cccc5c34)c12. The number of para-hydroxylation sites is 4. The molecule has 9 aromatic rings. The molecule has 0 fully saturated rings. The number of hydrogen-bond acceptors (Lipinski definition) is 2. The van der Waals surface area contributed by atoms with Gasteiger partial charge in [-0.25, -0.2) is 0 Å². The zero-order valence-corrected chi connectivity index (χ0v) is 22.7. The highest BCUT2D eigenvalue weighted by Gasteiger charge is 2.21. The molecule has 9 rings (SSSR count). The molecule has 3 nitrogen and oxygen atoms in total. The van der Waals surface area contributed by atoms with Gasteiger partial charge in [0.2, 0.25) is 0 Å². The molecule has 0 unspecified atom stereocenters. The van der Waals surface area contributed by atoms with Crippen LogP contribution in [0.5, 0.6) is 0 Å². The lowest BCUT2D eigenvalue weighted by molar-refractivity contribution is 1.19. The Kier molecular flexibility index (Phi) is 4.55. The maximum Gasteiger partial charge on any atom is 0.101 e. The largest absolute Gasteiger partial charge is 0.308 e. The fourth-order valence-electron chi connectivity index (χ4n) is 6.72. The van der Waals surface area contributed by atoms with E-state index in [2.05, 4.69) is 130 Å². The van der Waals surface area contributed by atoms with Gasteiger partial charge in [0.25, 0.3) is 0 Å². The highest BCUT2D eigenvalue weighted by atomic mass is 32.1. The first-order valence-electron chi connectivity index (χ1n) is 13.7. The number of hydrogen-bond donors (Lipinski definition) is 0. The van der Waals surface area contributed by atoms with Crippen LogP contribution in [0.1, 0.15) is 5.56 Å². The van der Waals surface area contributed by atoms with E-state index in [1.54, 1.807) is 0 Å². The number of thiophene rings is 1. The predicted octanol–water partition coefficient (Wildman–Crippen LogP) is 10.1. The lowest BCUT2D eigenvalue weighted by atomic mass is 10.1. The molecule has 3 aromatic heterocycles. The molecule has 0 N–H and O–H groups in total. The van der Waals surface area contributed by atoms with Crippen molar-refractivity contribution in [2.24, 2.45) is 0 Å². The van der Waals surface area contributed by atoms with Gasteiger partial charge in [-0.1, -0.05) is 84.9 Å². The molecule has 0 bridgehead atoms. The minimum atomic E-state index is 0.682. The Bertz CT molecular complexity index is 2500. The quantitative estimate of drug-likeness (QED) is 0.215. The van der Waals surface area contributed by atoms with Crippen molar-refractivity contribution in [2.75, 3.05) is 0 Å². The highest BCUT2D eigenvalue weighted by Crippen LogP contribution is 2.44. The Balaban J connectivity index is 1.43. The average Bonchev–Trinajstić information content (AvgIpc) is 3.69. The van der Waals surface area contributed by atoms with E-state index in [1.807, 2.05) is 23.5 Å². The summed E-state index contributed by atoms with van der Waals surface area (Å²) >= 11 is 1.84. The van der Waals surface area contributed by atoms with Crippen molar-refractivity contribution in [3.05, 3.63) is 133 Å². The molecule has 0 amide bonds. The van der Waals surface area contributed by atoms with Crippen LogP contribution in [0.3, 0.4) is 0 Å². The Morgan fingerprint density at radius 3 is 1.73 bits per heavy atom. The van der Waals surface area contributed by atoms with E-state index in [-0.39, 0.29) is 0 Å². The highest BCUT2D eigenvalue weighted by molar-refractivity contribution is 7.26. The normalized spacial score (nSPS) is 11.9. The summed E-state index contributed by atoms with van der Waals surface area (Å²) in [5.74, 6) is 0. The van der Waals surface area contributed by atoms with E-state index in [4.69, 9.17) is 0 Å². The van der Waals surface area contributed by atoms with Crippen LogP contribution in [0, 0.1) is 11.3 Å². The van der Waals surface area contributed by atoms with E-state index >= 15 is 0 Å². The first-order valence-corrected chi connectivity index (χ1v) is 14.5. The van der Waals surface area contributed by atoms with E-state index in [1.165, 1.54) is 47.7 Å². The molecule has 0 atom stereocenters. The molecule has 0 saturated carbocycles. The molecule has 6 aromatic carbocycles. The molecule has 0 aliphatic carbocycles. The molecule has 190 valence electrons. The van der Waals surface area contributed by atoms with Crippen molar-refractivity contribution in [3.63, 3.8) is 0 Å². The van der Waals surface area contributed by atoms with Gasteiger partial charge in [0.05, 0.1) is 43.7 Å². The molecule has 41 heavy (non-hydrogen) atoms. The standard InChI is InChI=1S/C37H21N3S/c38-22-23-10-7-14-27-26-13-3-6-18-31(26)40(36(23)27)32-19-9-21-34-35(32)28-15-8-20-33(37(28)41-34)39-29-16-4-1-11-24(29)25-12-2-5-17-30(25)39/h1-21H. The molecule has 0 aliphatic rings. The van der Waals surface area contributed by atoms with Crippen LogP contribution >= 0.6 is 11.3 Å². The Morgan fingerprint density at radius 1 is 0.488 bits per heavy atom. The fourth-order valence-corrected chi connectivity index (χ4v) is 7.94. The predicted molar refractivity (Wildman–Crippen MR) is 173 cm³/mol. The van der Waals surface area contributed by atoms with Gasteiger partial charge in [0.15, 0.2) is 0 Å². The molecule has 0 spiro atoms. The van der Waals surface area contributed by atoms with Crippen LogP contribution in [0.25, 0.3) is 75.2 Å². The molecule has 4 heteroatoms.